The van der Waals surface area contributed by atoms with Crippen molar-refractivity contribution in [1.29, 1.82) is 0 Å². The molecule has 1 N–H and O–H groups in total. The number of allylic oxidation sites excluding steroid dienone is 1. The molecule has 1 aromatic carbocycles. The molecule has 1 aromatic heterocycles. The van der Waals surface area contributed by atoms with Crippen LogP contribution in [0.1, 0.15) is 19.3 Å². The number of amides is 1. The Morgan fingerprint density at radius 2 is 2.14 bits per heavy atom. The van der Waals surface area contributed by atoms with Crippen LogP contribution in [0.5, 0.6) is 0 Å². The summed E-state index contributed by atoms with van der Waals surface area (Å²) in [5.41, 5.74) is 2.69. The highest BCUT2D eigenvalue weighted by Gasteiger charge is 2.47. The van der Waals surface area contributed by atoms with Gasteiger partial charge in [0.25, 0.3) is 0 Å². The molecule has 1 atom stereocenters. The molecule has 2 saturated heterocycles. The summed E-state index contributed by atoms with van der Waals surface area (Å²) in [6, 6.07) is 8.14. The maximum atomic E-state index is 12.4. The van der Waals surface area contributed by atoms with Crippen molar-refractivity contribution in [3.63, 3.8) is 0 Å². The number of aromatic nitrogens is 2. The Balaban J connectivity index is 1.66. The Hall–Kier alpha value is -2.30. The van der Waals surface area contributed by atoms with Crippen molar-refractivity contribution in [2.45, 2.75) is 19.3 Å². The number of imidazole rings is 1. The molecule has 0 aliphatic carbocycles. The number of rotatable bonds is 1. The molecule has 0 bridgehead atoms. The van der Waals surface area contributed by atoms with Crippen molar-refractivity contribution in [1.82, 2.24) is 14.9 Å². The first-order valence-corrected chi connectivity index (χ1v) is 7.75. The smallest absolute Gasteiger partial charge is 0.232 e. The van der Waals surface area contributed by atoms with E-state index in [0.717, 1.165) is 55.0 Å². The van der Waals surface area contributed by atoms with Crippen molar-refractivity contribution < 1.29 is 4.79 Å². The molecule has 1 spiro atoms. The molecule has 5 heteroatoms. The summed E-state index contributed by atoms with van der Waals surface area (Å²) in [7, 11) is 2.04. The summed E-state index contributed by atoms with van der Waals surface area (Å²) < 4.78 is 2.12. The molecule has 3 heterocycles. The van der Waals surface area contributed by atoms with E-state index in [1.807, 2.05) is 25.2 Å². The lowest BCUT2D eigenvalue weighted by Gasteiger charge is -2.33. The van der Waals surface area contributed by atoms with Gasteiger partial charge >= 0.3 is 0 Å². The molecule has 2 aromatic rings. The van der Waals surface area contributed by atoms with Gasteiger partial charge in [-0.3, -0.25) is 4.79 Å². The van der Waals surface area contributed by atoms with Crippen LogP contribution >= 0.6 is 0 Å². The van der Waals surface area contributed by atoms with Gasteiger partial charge in [0.15, 0.2) is 0 Å². The predicted octanol–water partition coefficient (Wildman–Crippen LogP) is 2.19. The minimum atomic E-state index is -0.278. The molecular formula is C17H20N4O. The highest BCUT2D eigenvalue weighted by molar-refractivity contribution is 5.87. The topological polar surface area (TPSA) is 50.2 Å². The van der Waals surface area contributed by atoms with Crippen molar-refractivity contribution in [3.8, 4) is 0 Å². The summed E-state index contributed by atoms with van der Waals surface area (Å²) in [6.07, 6.45) is 2.65. The summed E-state index contributed by atoms with van der Waals surface area (Å²) >= 11 is 0. The number of nitrogens with one attached hydrogen (secondary N) is 1. The van der Waals surface area contributed by atoms with E-state index in [0.29, 0.717) is 0 Å². The van der Waals surface area contributed by atoms with Crippen molar-refractivity contribution in [3.05, 3.63) is 36.5 Å². The maximum absolute atomic E-state index is 12.4. The molecule has 0 saturated carbocycles. The van der Waals surface area contributed by atoms with Gasteiger partial charge in [0, 0.05) is 25.8 Å². The Kier molecular flexibility index (Phi) is 2.79. The number of carbonyl (C=O) groups excluding carboxylic acids is 1. The number of piperidine rings is 1. The fourth-order valence-corrected chi connectivity index (χ4v) is 3.71. The monoisotopic (exact) mass is 296 g/mol. The quantitative estimate of drug-likeness (QED) is 0.877. The van der Waals surface area contributed by atoms with Gasteiger partial charge in [0.1, 0.15) is 0 Å². The van der Waals surface area contributed by atoms with Crippen LogP contribution in [0.3, 0.4) is 0 Å². The van der Waals surface area contributed by atoms with Crippen LogP contribution in [0.25, 0.3) is 11.0 Å². The van der Waals surface area contributed by atoms with E-state index >= 15 is 0 Å². The van der Waals surface area contributed by atoms with Gasteiger partial charge in [-0.2, -0.15) is 0 Å². The van der Waals surface area contributed by atoms with E-state index in [1.54, 1.807) is 0 Å². The van der Waals surface area contributed by atoms with Gasteiger partial charge in [0.2, 0.25) is 11.9 Å². The fourth-order valence-electron chi connectivity index (χ4n) is 3.71. The van der Waals surface area contributed by atoms with Crippen LogP contribution in [0.4, 0.5) is 5.95 Å². The molecule has 114 valence electrons. The van der Waals surface area contributed by atoms with Gasteiger partial charge < -0.3 is 14.8 Å². The highest BCUT2D eigenvalue weighted by Crippen LogP contribution is 2.40. The first-order chi connectivity index (χ1) is 10.6. The Labute approximate surface area is 129 Å². The predicted molar refractivity (Wildman–Crippen MR) is 86.5 cm³/mol. The fraction of sp³-hybridized carbons (Fsp3) is 0.412. The van der Waals surface area contributed by atoms with Crippen LogP contribution in [-0.4, -0.2) is 28.5 Å². The van der Waals surface area contributed by atoms with E-state index in [4.69, 9.17) is 4.98 Å². The van der Waals surface area contributed by atoms with Crippen LogP contribution in [0.2, 0.25) is 0 Å². The van der Waals surface area contributed by atoms with Gasteiger partial charge in [0.05, 0.1) is 16.4 Å². The number of nitrogens with zero attached hydrogens (tertiary/aromatic N) is 3. The van der Waals surface area contributed by atoms with Crippen LogP contribution in [0.15, 0.2) is 36.5 Å². The van der Waals surface area contributed by atoms with Crippen LogP contribution in [0, 0.1) is 5.41 Å². The third kappa shape index (κ3) is 1.85. The van der Waals surface area contributed by atoms with E-state index in [9.17, 15) is 4.79 Å². The second-order valence-corrected chi connectivity index (χ2v) is 6.47. The molecule has 1 amide bonds. The van der Waals surface area contributed by atoms with Crippen molar-refractivity contribution in [2.24, 2.45) is 12.5 Å². The summed E-state index contributed by atoms with van der Waals surface area (Å²) in [5.74, 6) is 1.08. The first-order valence-electron chi connectivity index (χ1n) is 7.75. The zero-order valence-electron chi connectivity index (χ0n) is 12.8. The Morgan fingerprint density at radius 1 is 1.32 bits per heavy atom. The number of anilines is 1. The summed E-state index contributed by atoms with van der Waals surface area (Å²) in [4.78, 5) is 19.4. The number of benzene rings is 1. The highest BCUT2D eigenvalue weighted by atomic mass is 16.2. The molecule has 1 unspecified atom stereocenters. The van der Waals surface area contributed by atoms with Gasteiger partial charge in [-0.15, -0.1) is 0 Å². The third-order valence-electron chi connectivity index (χ3n) is 5.08. The zero-order valence-corrected chi connectivity index (χ0v) is 12.8. The van der Waals surface area contributed by atoms with E-state index in [-0.39, 0.29) is 11.3 Å². The molecule has 0 radical (unpaired) electrons. The lowest BCUT2D eigenvalue weighted by atomic mass is 9.78. The SMILES string of the molecule is C=C1CCC2(CCN(c3nc4ccccc4n3C)C2)C(=O)N1. The summed E-state index contributed by atoms with van der Waals surface area (Å²) in [5, 5.41) is 2.94. The standard InChI is InChI=1S/C17H20N4O/c1-12-7-8-17(15(22)18-12)9-10-21(11-17)16-19-13-5-3-4-6-14(13)20(16)2/h3-6H,1,7-11H2,2H3,(H,18,22). The molecule has 2 aliphatic heterocycles. The largest absolute Gasteiger partial charge is 0.341 e. The number of hydrogen-bond acceptors (Lipinski definition) is 3. The number of fused-ring (bicyclic) bond motifs is 1. The Bertz CT molecular complexity index is 778. The minimum absolute atomic E-state index is 0.130. The summed E-state index contributed by atoms with van der Waals surface area (Å²) in [6.45, 7) is 5.49. The lowest BCUT2D eigenvalue weighted by molar-refractivity contribution is -0.131. The molecule has 22 heavy (non-hydrogen) atoms. The van der Waals surface area contributed by atoms with E-state index in [1.165, 1.54) is 0 Å². The average molecular weight is 296 g/mol. The number of para-hydroxylation sites is 2. The zero-order chi connectivity index (χ0) is 15.3. The molecule has 5 nitrogen and oxygen atoms in total. The second-order valence-electron chi connectivity index (χ2n) is 6.47. The van der Waals surface area contributed by atoms with E-state index < -0.39 is 0 Å². The van der Waals surface area contributed by atoms with Crippen molar-refractivity contribution in [2.75, 3.05) is 18.0 Å². The minimum Gasteiger partial charge on any atom is -0.341 e. The van der Waals surface area contributed by atoms with Gasteiger partial charge in [-0.25, -0.2) is 4.98 Å². The molecule has 2 aliphatic rings. The Morgan fingerprint density at radius 3 is 2.91 bits per heavy atom. The molecular weight excluding hydrogens is 276 g/mol. The average Bonchev–Trinajstić information content (AvgIpc) is 3.07. The first kappa shape index (κ1) is 13.4. The third-order valence-corrected chi connectivity index (χ3v) is 5.08. The van der Waals surface area contributed by atoms with Crippen LogP contribution < -0.4 is 10.2 Å². The number of carbonyl (C=O) groups is 1. The maximum Gasteiger partial charge on any atom is 0.232 e. The lowest BCUT2D eigenvalue weighted by Crippen LogP contribution is -2.46. The van der Waals surface area contributed by atoms with Crippen molar-refractivity contribution >= 4 is 22.9 Å². The van der Waals surface area contributed by atoms with E-state index in [2.05, 4.69) is 27.4 Å². The number of hydrogen-bond donors (Lipinski definition) is 1. The van der Waals surface area contributed by atoms with Crippen LogP contribution in [-0.2, 0) is 11.8 Å². The second kappa shape index (κ2) is 4.60. The molecule has 2 fully saturated rings. The molecule has 4 rings (SSSR count). The van der Waals surface area contributed by atoms with Gasteiger partial charge in [-0.1, -0.05) is 18.7 Å². The van der Waals surface area contributed by atoms with Gasteiger partial charge in [-0.05, 0) is 31.4 Å². The number of aryl methyl sites for hydroxylation is 1. The normalized spacial score (nSPS) is 25.2.